The molecule has 0 aliphatic carbocycles. The van der Waals surface area contributed by atoms with E-state index in [1.807, 2.05) is 24.3 Å². The van der Waals surface area contributed by atoms with Crippen molar-refractivity contribution in [2.75, 3.05) is 0 Å². The molecule has 2 aromatic carbocycles. The molecule has 0 N–H and O–H groups in total. The predicted octanol–water partition coefficient (Wildman–Crippen LogP) is 4.52. The summed E-state index contributed by atoms with van der Waals surface area (Å²) < 4.78 is 5.71. The lowest BCUT2D eigenvalue weighted by atomic mass is 9.99. The molecule has 27 heavy (non-hydrogen) atoms. The second-order valence-electron chi connectivity index (χ2n) is 6.68. The highest BCUT2D eigenvalue weighted by Crippen LogP contribution is 2.29. The number of ketones is 1. The summed E-state index contributed by atoms with van der Waals surface area (Å²) in [5, 5.41) is 0. The zero-order valence-electron chi connectivity index (χ0n) is 15.3. The topological polar surface area (TPSA) is 64.4 Å². The fraction of sp³-hybridized carbons (Fsp3) is 0.182. The van der Waals surface area contributed by atoms with E-state index in [1.165, 1.54) is 11.1 Å². The number of fused-ring (bicyclic) bond motifs is 1. The molecule has 0 fully saturated rings. The van der Waals surface area contributed by atoms with Gasteiger partial charge in [-0.3, -0.25) is 9.79 Å². The van der Waals surface area contributed by atoms with Crippen molar-refractivity contribution >= 4 is 17.2 Å². The normalized spacial score (nSPS) is 13.6. The van der Waals surface area contributed by atoms with Crippen molar-refractivity contribution in [3.05, 3.63) is 77.1 Å². The second-order valence-corrected chi connectivity index (χ2v) is 6.68. The first-order valence-corrected chi connectivity index (χ1v) is 8.83. The average Bonchev–Trinajstić information content (AvgIpc) is 2.81. The Kier molecular flexibility index (Phi) is 4.50. The molecule has 134 valence electrons. The van der Waals surface area contributed by atoms with Crippen LogP contribution in [0.2, 0.25) is 0 Å². The molecular weight excluding hydrogens is 338 g/mol. The number of aliphatic imine (C=N–C) groups is 1. The summed E-state index contributed by atoms with van der Waals surface area (Å²) in [4.78, 5) is 25.4. The molecule has 0 saturated heterocycles. The van der Waals surface area contributed by atoms with Gasteiger partial charge in [-0.1, -0.05) is 18.2 Å². The first kappa shape index (κ1) is 17.1. The predicted molar refractivity (Wildman–Crippen MR) is 104 cm³/mol. The minimum Gasteiger partial charge on any atom is -0.424 e. The van der Waals surface area contributed by atoms with Gasteiger partial charge in [0, 0.05) is 30.8 Å². The molecule has 1 aromatic heterocycles. The lowest BCUT2D eigenvalue weighted by molar-refractivity contribution is -0.117. The van der Waals surface area contributed by atoms with Gasteiger partial charge in [0.05, 0.1) is 11.4 Å². The summed E-state index contributed by atoms with van der Waals surface area (Å²) >= 11 is 0. The molecule has 0 radical (unpaired) electrons. The van der Waals surface area contributed by atoms with Gasteiger partial charge >= 0.3 is 6.01 Å². The van der Waals surface area contributed by atoms with Gasteiger partial charge in [-0.2, -0.15) is 0 Å². The summed E-state index contributed by atoms with van der Waals surface area (Å²) in [5.41, 5.74) is 5.83. The minimum atomic E-state index is 0.161. The summed E-state index contributed by atoms with van der Waals surface area (Å²) in [5.74, 6) is 0.770. The van der Waals surface area contributed by atoms with Crippen molar-refractivity contribution in [3.63, 3.8) is 0 Å². The van der Waals surface area contributed by atoms with Crippen molar-refractivity contribution in [1.82, 2.24) is 9.97 Å². The number of nitrogens with zero attached hydrogens (tertiary/aromatic N) is 3. The van der Waals surface area contributed by atoms with Crippen molar-refractivity contribution in [2.24, 2.45) is 4.99 Å². The Morgan fingerprint density at radius 3 is 2.52 bits per heavy atom. The maximum atomic E-state index is 12.5. The van der Waals surface area contributed by atoms with E-state index in [9.17, 15) is 4.79 Å². The van der Waals surface area contributed by atoms with Crippen LogP contribution in [0.5, 0.6) is 11.8 Å². The van der Waals surface area contributed by atoms with Crippen molar-refractivity contribution in [1.29, 1.82) is 0 Å². The Morgan fingerprint density at radius 2 is 1.70 bits per heavy atom. The Hall–Kier alpha value is -3.34. The van der Waals surface area contributed by atoms with Crippen molar-refractivity contribution in [2.45, 2.75) is 26.7 Å². The van der Waals surface area contributed by atoms with E-state index in [0.29, 0.717) is 18.6 Å². The Labute approximate surface area is 157 Å². The fourth-order valence-corrected chi connectivity index (χ4v) is 3.10. The number of ether oxygens (including phenoxy) is 1. The van der Waals surface area contributed by atoms with E-state index in [0.717, 1.165) is 22.5 Å². The highest BCUT2D eigenvalue weighted by atomic mass is 16.5. The van der Waals surface area contributed by atoms with Gasteiger partial charge in [0.15, 0.2) is 0 Å². The van der Waals surface area contributed by atoms with Crippen LogP contribution in [-0.2, 0) is 11.2 Å². The van der Waals surface area contributed by atoms with Gasteiger partial charge < -0.3 is 4.74 Å². The first-order chi connectivity index (χ1) is 13.1. The van der Waals surface area contributed by atoms with Crippen LogP contribution in [0.25, 0.3) is 0 Å². The third-order valence-corrected chi connectivity index (χ3v) is 4.62. The molecule has 0 saturated carbocycles. The first-order valence-electron chi connectivity index (χ1n) is 8.83. The molecule has 0 atom stereocenters. The van der Waals surface area contributed by atoms with Gasteiger partial charge in [-0.25, -0.2) is 9.97 Å². The van der Waals surface area contributed by atoms with Gasteiger partial charge in [-0.05, 0) is 54.8 Å². The third kappa shape index (κ3) is 3.77. The molecule has 0 spiro atoms. The smallest absolute Gasteiger partial charge is 0.321 e. The van der Waals surface area contributed by atoms with Crippen LogP contribution in [0, 0.1) is 13.8 Å². The molecule has 5 nitrogen and oxygen atoms in total. The van der Waals surface area contributed by atoms with E-state index in [-0.39, 0.29) is 11.8 Å². The Bertz CT molecular complexity index is 1040. The zero-order chi connectivity index (χ0) is 18.8. The maximum absolute atomic E-state index is 12.5. The van der Waals surface area contributed by atoms with E-state index >= 15 is 0 Å². The van der Waals surface area contributed by atoms with Crippen LogP contribution in [0.4, 0.5) is 5.69 Å². The number of aryl methyl sites for hydroxylation is 2. The zero-order valence-corrected chi connectivity index (χ0v) is 15.3. The van der Waals surface area contributed by atoms with Crippen LogP contribution in [0.1, 0.15) is 28.7 Å². The largest absolute Gasteiger partial charge is 0.424 e. The second kappa shape index (κ2) is 7.11. The van der Waals surface area contributed by atoms with Crippen LogP contribution >= 0.6 is 0 Å². The fourth-order valence-electron chi connectivity index (χ4n) is 3.10. The number of carbonyl (C=O) groups is 1. The molecule has 0 unspecified atom stereocenters. The monoisotopic (exact) mass is 357 g/mol. The number of carbonyl (C=O) groups excluding carboxylic acids is 1. The van der Waals surface area contributed by atoms with Gasteiger partial charge in [-0.15, -0.1) is 0 Å². The highest BCUT2D eigenvalue weighted by molar-refractivity contribution is 6.13. The van der Waals surface area contributed by atoms with E-state index in [4.69, 9.17) is 9.73 Å². The summed E-state index contributed by atoms with van der Waals surface area (Å²) in [6.07, 6.45) is 3.97. The van der Waals surface area contributed by atoms with E-state index < -0.39 is 0 Å². The van der Waals surface area contributed by atoms with Crippen molar-refractivity contribution in [3.8, 4) is 11.8 Å². The van der Waals surface area contributed by atoms with Crippen LogP contribution < -0.4 is 4.74 Å². The average molecular weight is 357 g/mol. The number of hydrogen-bond donors (Lipinski definition) is 0. The molecule has 4 rings (SSSR count). The van der Waals surface area contributed by atoms with Gasteiger partial charge in [0.1, 0.15) is 11.5 Å². The molecule has 3 aromatic rings. The summed E-state index contributed by atoms with van der Waals surface area (Å²) in [6, 6.07) is 13.7. The van der Waals surface area contributed by atoms with Crippen molar-refractivity contribution < 1.29 is 9.53 Å². The summed E-state index contributed by atoms with van der Waals surface area (Å²) in [7, 11) is 0. The Balaban J connectivity index is 1.71. The number of aromatic nitrogens is 2. The highest BCUT2D eigenvalue weighted by Gasteiger charge is 2.19. The molecule has 5 heteroatoms. The standard InChI is InChI=1S/C22H19N3O2/c1-14-9-17-11-18(26)13-21(25-20(17)10-15(14)2)16-5-3-6-19(12-16)27-22-23-7-4-8-24-22/h3-10,12H,11,13H2,1-2H3. The lowest BCUT2D eigenvalue weighted by Crippen LogP contribution is -2.09. The Morgan fingerprint density at radius 1 is 0.926 bits per heavy atom. The summed E-state index contributed by atoms with van der Waals surface area (Å²) in [6.45, 7) is 4.12. The number of benzene rings is 2. The SMILES string of the molecule is Cc1cc2c(cc1C)N=C(c1cccc(Oc3ncccn3)c1)CC(=O)C2. The molecule has 1 aliphatic rings. The molecule has 1 aliphatic heterocycles. The quantitative estimate of drug-likeness (QED) is 0.691. The molecular formula is C22H19N3O2. The molecule has 2 heterocycles. The minimum absolute atomic E-state index is 0.161. The molecule has 0 amide bonds. The van der Waals surface area contributed by atoms with E-state index in [2.05, 4.69) is 35.9 Å². The van der Waals surface area contributed by atoms with Crippen LogP contribution in [0.3, 0.4) is 0 Å². The lowest BCUT2D eigenvalue weighted by Gasteiger charge is -2.08. The third-order valence-electron chi connectivity index (χ3n) is 4.62. The number of Topliss-reactive ketones (excluding diaryl/α,β-unsaturated/α-hetero) is 1. The molecule has 0 bridgehead atoms. The van der Waals surface area contributed by atoms with Gasteiger partial charge in [0.25, 0.3) is 0 Å². The maximum Gasteiger partial charge on any atom is 0.321 e. The van der Waals surface area contributed by atoms with Gasteiger partial charge in [0.2, 0.25) is 0 Å². The van der Waals surface area contributed by atoms with Crippen LogP contribution in [0.15, 0.2) is 59.9 Å². The van der Waals surface area contributed by atoms with Crippen LogP contribution in [-0.4, -0.2) is 21.5 Å². The van der Waals surface area contributed by atoms with E-state index in [1.54, 1.807) is 18.5 Å². The number of hydrogen-bond acceptors (Lipinski definition) is 5. The number of rotatable bonds is 3.